The van der Waals surface area contributed by atoms with E-state index in [-0.39, 0.29) is 11.6 Å². The van der Waals surface area contributed by atoms with E-state index in [1.54, 1.807) is 0 Å². The molecule has 0 fully saturated rings. The summed E-state index contributed by atoms with van der Waals surface area (Å²) in [5.74, 6) is -0.760. The van der Waals surface area contributed by atoms with E-state index in [2.05, 4.69) is 25.5 Å². The Bertz CT molecular complexity index is 452. The van der Waals surface area contributed by atoms with Gasteiger partial charge in [-0.3, -0.25) is 10.1 Å². The Balaban J connectivity index is 2.11. The van der Waals surface area contributed by atoms with E-state index >= 15 is 0 Å². The predicted octanol–water partition coefficient (Wildman–Crippen LogP) is 0.591. The number of pyridine rings is 1. The van der Waals surface area contributed by atoms with Gasteiger partial charge in [-0.25, -0.2) is 14.5 Å². The summed E-state index contributed by atoms with van der Waals surface area (Å²) in [5.41, 5.74) is 0.104. The fourth-order valence-electron chi connectivity index (χ4n) is 0.947. The quantitative estimate of drug-likeness (QED) is 0.754. The fraction of sp³-hybridized carbons (Fsp3) is 0. The first-order valence-electron chi connectivity index (χ1n) is 4.04. The molecule has 76 valence electrons. The highest BCUT2D eigenvalue weighted by atomic mass is 19.1. The molecule has 0 aromatic carbocycles. The van der Waals surface area contributed by atoms with Crippen molar-refractivity contribution >= 4 is 11.9 Å². The van der Waals surface area contributed by atoms with E-state index in [9.17, 15) is 9.18 Å². The Hall–Kier alpha value is -2.31. The van der Waals surface area contributed by atoms with Crippen LogP contribution in [0.4, 0.5) is 10.3 Å². The van der Waals surface area contributed by atoms with Gasteiger partial charge in [0.15, 0.2) is 0 Å². The van der Waals surface area contributed by atoms with Gasteiger partial charge in [-0.15, -0.1) is 0 Å². The number of carbonyl (C=O) groups excluding carboxylic acids is 1. The third kappa shape index (κ3) is 2.13. The van der Waals surface area contributed by atoms with Gasteiger partial charge in [-0.2, -0.15) is 10.1 Å². The van der Waals surface area contributed by atoms with E-state index in [4.69, 9.17) is 0 Å². The number of anilines is 1. The minimum absolute atomic E-state index is 0.104. The average molecular weight is 207 g/mol. The molecule has 2 N–H and O–H groups in total. The van der Waals surface area contributed by atoms with Crippen molar-refractivity contribution in [2.75, 3.05) is 5.32 Å². The Morgan fingerprint density at radius 2 is 2.27 bits per heavy atom. The van der Waals surface area contributed by atoms with Crippen LogP contribution in [0, 0.1) is 5.82 Å². The molecular formula is C8H6FN5O. The van der Waals surface area contributed by atoms with Crippen LogP contribution in [0.1, 0.15) is 10.5 Å². The van der Waals surface area contributed by atoms with Gasteiger partial charge in [0.2, 0.25) is 5.95 Å². The zero-order valence-corrected chi connectivity index (χ0v) is 7.44. The number of carbonyl (C=O) groups is 1. The number of aromatic amines is 1. The third-order valence-corrected chi connectivity index (χ3v) is 1.61. The van der Waals surface area contributed by atoms with Gasteiger partial charge in [-0.1, -0.05) is 0 Å². The minimum atomic E-state index is -0.494. The van der Waals surface area contributed by atoms with Crippen molar-refractivity contribution in [1.29, 1.82) is 0 Å². The molecule has 1 amide bonds. The summed E-state index contributed by atoms with van der Waals surface area (Å²) >= 11 is 0. The number of rotatable bonds is 2. The number of hydrogen-bond acceptors (Lipinski definition) is 4. The van der Waals surface area contributed by atoms with Gasteiger partial charge < -0.3 is 0 Å². The fourth-order valence-corrected chi connectivity index (χ4v) is 0.947. The van der Waals surface area contributed by atoms with Crippen molar-refractivity contribution in [2.45, 2.75) is 0 Å². The number of nitrogens with zero attached hydrogens (tertiary/aromatic N) is 3. The lowest BCUT2D eigenvalue weighted by Gasteiger charge is -1.99. The molecule has 15 heavy (non-hydrogen) atoms. The van der Waals surface area contributed by atoms with Crippen molar-refractivity contribution in [3.8, 4) is 0 Å². The molecule has 0 radical (unpaired) electrons. The molecular weight excluding hydrogens is 201 g/mol. The lowest BCUT2D eigenvalue weighted by atomic mass is 10.3. The second-order valence-corrected chi connectivity index (χ2v) is 2.65. The number of halogens is 1. The minimum Gasteiger partial charge on any atom is -0.289 e. The summed E-state index contributed by atoms with van der Waals surface area (Å²) in [4.78, 5) is 18.7. The summed E-state index contributed by atoms with van der Waals surface area (Å²) < 4.78 is 12.5. The van der Waals surface area contributed by atoms with Gasteiger partial charge in [0.1, 0.15) is 17.8 Å². The number of nitrogens with one attached hydrogen (secondary N) is 2. The highest BCUT2D eigenvalue weighted by molar-refractivity contribution is 6.01. The molecule has 0 saturated carbocycles. The molecule has 2 rings (SSSR count). The SMILES string of the molecule is O=C(Nc1ncn[nH]1)c1ccc(F)cn1. The lowest BCUT2D eigenvalue weighted by molar-refractivity contribution is 0.102. The standard InChI is InChI=1S/C8H6FN5O/c9-5-1-2-6(10-3-5)7(15)13-8-11-4-12-14-8/h1-4H,(H2,11,12,13,14,15). The third-order valence-electron chi connectivity index (χ3n) is 1.61. The molecule has 0 spiro atoms. The van der Waals surface area contributed by atoms with Crippen LogP contribution in [0.15, 0.2) is 24.7 Å². The van der Waals surface area contributed by atoms with Crippen molar-refractivity contribution in [3.63, 3.8) is 0 Å². The second-order valence-electron chi connectivity index (χ2n) is 2.65. The maximum Gasteiger partial charge on any atom is 0.276 e. The van der Waals surface area contributed by atoms with E-state index in [1.165, 1.54) is 12.4 Å². The first kappa shape index (κ1) is 9.25. The summed E-state index contributed by atoms with van der Waals surface area (Å²) in [7, 11) is 0. The molecule has 0 aliphatic heterocycles. The Kier molecular flexibility index (Phi) is 2.36. The zero-order valence-electron chi connectivity index (χ0n) is 7.44. The van der Waals surface area contributed by atoms with Gasteiger partial charge >= 0.3 is 0 Å². The maximum absolute atomic E-state index is 12.5. The molecule has 0 atom stereocenters. The number of H-pyrrole nitrogens is 1. The molecule has 2 aromatic heterocycles. The van der Waals surface area contributed by atoms with Crippen LogP contribution in [-0.4, -0.2) is 26.1 Å². The summed E-state index contributed by atoms with van der Waals surface area (Å²) in [6, 6.07) is 2.43. The highest BCUT2D eigenvalue weighted by Crippen LogP contribution is 2.01. The number of aromatic nitrogens is 4. The molecule has 0 saturated heterocycles. The Labute approximate surface area is 83.6 Å². The van der Waals surface area contributed by atoms with E-state index < -0.39 is 11.7 Å². The topological polar surface area (TPSA) is 83.6 Å². The first-order chi connectivity index (χ1) is 7.25. The van der Waals surface area contributed by atoms with Gasteiger partial charge in [-0.05, 0) is 12.1 Å². The summed E-state index contributed by atoms with van der Waals surface area (Å²) in [5, 5.41) is 8.41. The van der Waals surface area contributed by atoms with Crippen LogP contribution in [0.5, 0.6) is 0 Å². The second kappa shape index (κ2) is 3.82. The highest BCUT2D eigenvalue weighted by Gasteiger charge is 2.08. The predicted molar refractivity (Wildman–Crippen MR) is 48.5 cm³/mol. The van der Waals surface area contributed by atoms with Crippen molar-refractivity contribution < 1.29 is 9.18 Å². The van der Waals surface area contributed by atoms with Crippen molar-refractivity contribution in [3.05, 3.63) is 36.2 Å². The van der Waals surface area contributed by atoms with Crippen LogP contribution < -0.4 is 5.32 Å². The largest absolute Gasteiger partial charge is 0.289 e. The molecule has 0 bridgehead atoms. The normalized spacial score (nSPS) is 9.93. The van der Waals surface area contributed by atoms with E-state index in [0.717, 1.165) is 12.3 Å². The smallest absolute Gasteiger partial charge is 0.276 e. The Morgan fingerprint density at radius 1 is 1.40 bits per heavy atom. The number of amides is 1. The van der Waals surface area contributed by atoms with Gasteiger partial charge in [0.25, 0.3) is 5.91 Å². The molecule has 0 aliphatic carbocycles. The van der Waals surface area contributed by atoms with Crippen LogP contribution in [0.2, 0.25) is 0 Å². The van der Waals surface area contributed by atoms with Crippen LogP contribution in [0.25, 0.3) is 0 Å². The van der Waals surface area contributed by atoms with Crippen LogP contribution >= 0.6 is 0 Å². The van der Waals surface area contributed by atoms with E-state index in [1.807, 2.05) is 0 Å². The maximum atomic E-state index is 12.5. The number of hydrogen-bond donors (Lipinski definition) is 2. The zero-order chi connectivity index (χ0) is 10.7. The average Bonchev–Trinajstić information content (AvgIpc) is 2.71. The van der Waals surface area contributed by atoms with Crippen molar-refractivity contribution in [2.24, 2.45) is 0 Å². The van der Waals surface area contributed by atoms with Crippen LogP contribution in [-0.2, 0) is 0 Å². The monoisotopic (exact) mass is 207 g/mol. The molecule has 0 aliphatic rings. The molecule has 2 aromatic rings. The van der Waals surface area contributed by atoms with Gasteiger partial charge in [0.05, 0.1) is 6.20 Å². The molecule has 0 unspecified atom stereocenters. The van der Waals surface area contributed by atoms with Crippen molar-refractivity contribution in [1.82, 2.24) is 20.2 Å². The molecule has 7 heteroatoms. The summed E-state index contributed by atoms with van der Waals surface area (Å²) in [6.07, 6.45) is 2.23. The van der Waals surface area contributed by atoms with Gasteiger partial charge in [0, 0.05) is 0 Å². The molecule has 6 nitrogen and oxygen atoms in total. The first-order valence-corrected chi connectivity index (χ1v) is 4.04. The Morgan fingerprint density at radius 3 is 2.87 bits per heavy atom. The summed E-state index contributed by atoms with van der Waals surface area (Å²) in [6.45, 7) is 0. The lowest BCUT2D eigenvalue weighted by Crippen LogP contribution is -2.14. The van der Waals surface area contributed by atoms with Crippen LogP contribution in [0.3, 0.4) is 0 Å². The van der Waals surface area contributed by atoms with E-state index in [0.29, 0.717) is 0 Å². The molecule has 2 heterocycles.